The van der Waals surface area contributed by atoms with Crippen molar-refractivity contribution in [1.82, 2.24) is 0 Å². The number of anilines is 2. The number of non-ortho nitro benzene ring substituents is 4. The van der Waals surface area contributed by atoms with Gasteiger partial charge < -0.3 is 15.4 Å². The molecule has 0 bridgehead atoms. The van der Waals surface area contributed by atoms with Crippen molar-refractivity contribution in [3.05, 3.63) is 106 Å². The molecule has 200 valence electrons. The van der Waals surface area contributed by atoms with E-state index in [1.165, 1.54) is 26.2 Å². The summed E-state index contributed by atoms with van der Waals surface area (Å²) in [5.74, 6) is -1.85. The fourth-order valence-corrected chi connectivity index (χ4v) is 3.35. The Morgan fingerprint density at radius 2 is 0.974 bits per heavy atom. The molecule has 3 rings (SSSR count). The van der Waals surface area contributed by atoms with Gasteiger partial charge in [0.2, 0.25) is 0 Å². The predicted molar refractivity (Wildman–Crippen MR) is 133 cm³/mol. The van der Waals surface area contributed by atoms with Gasteiger partial charge in [-0.2, -0.15) is 0 Å². The molecule has 2 N–H and O–H groups in total. The highest BCUT2D eigenvalue weighted by molar-refractivity contribution is 6.07. The van der Waals surface area contributed by atoms with E-state index in [0.29, 0.717) is 17.7 Å². The number of ether oxygens (including phenoxy) is 1. The minimum Gasteiger partial charge on any atom is -0.494 e. The average Bonchev–Trinajstić information content (AvgIpc) is 2.89. The summed E-state index contributed by atoms with van der Waals surface area (Å²) in [4.78, 5) is 66.4. The highest BCUT2D eigenvalue weighted by Gasteiger charge is 2.23. The van der Waals surface area contributed by atoms with Crippen LogP contribution >= 0.6 is 0 Å². The summed E-state index contributed by atoms with van der Waals surface area (Å²) in [5.41, 5.74) is -2.91. The van der Waals surface area contributed by atoms with Gasteiger partial charge in [-0.25, -0.2) is 0 Å². The van der Waals surface area contributed by atoms with Crippen molar-refractivity contribution < 1.29 is 34.0 Å². The number of nitrogens with zero attached hydrogens (tertiary/aromatic N) is 4. The number of carbonyl (C=O) groups is 2. The molecule has 3 aromatic carbocycles. The summed E-state index contributed by atoms with van der Waals surface area (Å²) in [5, 5.41) is 49.3. The lowest BCUT2D eigenvalue weighted by molar-refractivity contribution is -0.394. The Morgan fingerprint density at radius 1 is 0.615 bits per heavy atom. The molecule has 0 atom stereocenters. The molecule has 17 heteroatoms. The summed E-state index contributed by atoms with van der Waals surface area (Å²) in [6.07, 6.45) is 0. The van der Waals surface area contributed by atoms with Crippen LogP contribution in [0.1, 0.15) is 26.3 Å². The number of nitrogens with one attached hydrogen (secondary N) is 2. The van der Waals surface area contributed by atoms with Crippen LogP contribution in [0.4, 0.5) is 34.1 Å². The Balaban J connectivity index is 1.92. The zero-order valence-electron chi connectivity index (χ0n) is 19.9. The predicted octanol–water partition coefficient (Wildman–Crippen LogP) is 4.14. The van der Waals surface area contributed by atoms with Gasteiger partial charge >= 0.3 is 0 Å². The molecule has 0 aliphatic heterocycles. The molecule has 0 aliphatic carbocycles. The van der Waals surface area contributed by atoms with Crippen LogP contribution in [0.2, 0.25) is 0 Å². The fourth-order valence-electron chi connectivity index (χ4n) is 3.35. The van der Waals surface area contributed by atoms with Crippen LogP contribution in [-0.2, 0) is 0 Å². The second kappa shape index (κ2) is 10.9. The molecule has 0 saturated heterocycles. The molecule has 0 fully saturated rings. The molecule has 0 saturated carbocycles. The standard InChI is InChI=1S/C22H16N6O11/c1-11-3-19(24-22(30)13-6-16(27(35)36)9-17(7-13)28(37)38)20(39-2)10-18(11)23-21(29)12-4-14(25(31)32)8-15(5-12)26(33)34/h3-10H,1-2H3,(H,23,29)(H,24,30). The van der Waals surface area contributed by atoms with Gasteiger partial charge in [0.1, 0.15) is 5.75 Å². The van der Waals surface area contributed by atoms with Crippen LogP contribution in [0.15, 0.2) is 48.5 Å². The first-order chi connectivity index (χ1) is 18.3. The third-order valence-electron chi connectivity index (χ3n) is 5.22. The van der Waals surface area contributed by atoms with E-state index in [-0.39, 0.29) is 28.3 Å². The summed E-state index contributed by atoms with van der Waals surface area (Å²) in [6.45, 7) is 1.51. The number of rotatable bonds is 9. The topological polar surface area (TPSA) is 240 Å². The third kappa shape index (κ3) is 6.23. The number of methoxy groups -OCH3 is 1. The van der Waals surface area contributed by atoms with Crippen LogP contribution in [-0.4, -0.2) is 38.6 Å². The first-order valence-corrected chi connectivity index (χ1v) is 10.5. The van der Waals surface area contributed by atoms with E-state index in [2.05, 4.69) is 10.6 Å². The van der Waals surface area contributed by atoms with Crippen molar-refractivity contribution in [2.24, 2.45) is 0 Å². The molecule has 0 aliphatic rings. The van der Waals surface area contributed by atoms with Crippen molar-refractivity contribution in [3.8, 4) is 5.75 Å². The monoisotopic (exact) mass is 540 g/mol. The summed E-state index contributed by atoms with van der Waals surface area (Å²) < 4.78 is 5.23. The van der Waals surface area contributed by atoms with Crippen molar-refractivity contribution in [1.29, 1.82) is 0 Å². The normalized spacial score (nSPS) is 10.3. The van der Waals surface area contributed by atoms with E-state index >= 15 is 0 Å². The molecule has 0 unspecified atom stereocenters. The van der Waals surface area contributed by atoms with Gasteiger partial charge in [-0.15, -0.1) is 0 Å². The molecule has 0 aromatic heterocycles. The van der Waals surface area contributed by atoms with Crippen LogP contribution in [0.25, 0.3) is 0 Å². The lowest BCUT2D eigenvalue weighted by Crippen LogP contribution is -2.16. The van der Waals surface area contributed by atoms with E-state index in [1.807, 2.05) is 0 Å². The van der Waals surface area contributed by atoms with Crippen molar-refractivity contribution >= 4 is 45.9 Å². The number of benzene rings is 3. The zero-order chi connectivity index (χ0) is 29.0. The van der Waals surface area contributed by atoms with Crippen LogP contribution in [0.3, 0.4) is 0 Å². The van der Waals surface area contributed by atoms with Gasteiger partial charge in [0.05, 0.1) is 55.8 Å². The Hall–Kier alpha value is -6.00. The first kappa shape index (κ1) is 27.6. The van der Waals surface area contributed by atoms with Crippen molar-refractivity contribution in [2.75, 3.05) is 17.7 Å². The van der Waals surface area contributed by atoms with Gasteiger partial charge in [0, 0.05) is 36.0 Å². The minimum absolute atomic E-state index is 0.00537. The van der Waals surface area contributed by atoms with Gasteiger partial charge in [0.15, 0.2) is 0 Å². The van der Waals surface area contributed by atoms with E-state index < -0.39 is 54.3 Å². The zero-order valence-corrected chi connectivity index (χ0v) is 19.9. The first-order valence-electron chi connectivity index (χ1n) is 10.5. The Bertz CT molecular complexity index is 1510. The highest BCUT2D eigenvalue weighted by atomic mass is 16.6. The molecule has 3 aromatic rings. The number of amides is 2. The molecular weight excluding hydrogens is 524 g/mol. The molecule has 0 radical (unpaired) electrons. The molecule has 39 heavy (non-hydrogen) atoms. The summed E-state index contributed by atoms with van der Waals surface area (Å²) in [6, 6.07) is 7.48. The minimum atomic E-state index is -0.930. The number of nitro benzene ring substituents is 4. The van der Waals surface area contributed by atoms with Gasteiger partial charge in [0.25, 0.3) is 34.6 Å². The number of nitro groups is 4. The van der Waals surface area contributed by atoms with Crippen LogP contribution in [0.5, 0.6) is 5.75 Å². The van der Waals surface area contributed by atoms with E-state index in [4.69, 9.17) is 4.74 Å². The maximum Gasteiger partial charge on any atom is 0.277 e. The number of hydrogen-bond donors (Lipinski definition) is 2. The van der Waals surface area contributed by atoms with Crippen LogP contribution in [0, 0.1) is 47.4 Å². The smallest absolute Gasteiger partial charge is 0.277 e. The van der Waals surface area contributed by atoms with E-state index in [1.54, 1.807) is 0 Å². The quantitative estimate of drug-likeness (QED) is 0.288. The van der Waals surface area contributed by atoms with Crippen molar-refractivity contribution in [3.63, 3.8) is 0 Å². The van der Waals surface area contributed by atoms with E-state index in [0.717, 1.165) is 24.3 Å². The molecular formula is C22H16N6O11. The number of hydrogen-bond acceptors (Lipinski definition) is 11. The second-order valence-corrected chi connectivity index (χ2v) is 7.78. The lowest BCUT2D eigenvalue weighted by Gasteiger charge is -2.15. The Kier molecular flexibility index (Phi) is 7.74. The van der Waals surface area contributed by atoms with Gasteiger partial charge in [-0.3, -0.25) is 50.0 Å². The maximum absolute atomic E-state index is 12.8. The number of aryl methyl sites for hydroxylation is 1. The fraction of sp³-hybridized carbons (Fsp3) is 0.0909. The highest BCUT2D eigenvalue weighted by Crippen LogP contribution is 2.33. The molecule has 17 nitrogen and oxygen atoms in total. The summed E-state index contributed by atoms with van der Waals surface area (Å²) >= 11 is 0. The Labute approximate surface area is 216 Å². The lowest BCUT2D eigenvalue weighted by atomic mass is 10.1. The molecule has 0 spiro atoms. The molecule has 0 heterocycles. The Morgan fingerprint density at radius 3 is 1.31 bits per heavy atom. The van der Waals surface area contributed by atoms with Gasteiger partial charge in [-0.1, -0.05) is 0 Å². The second-order valence-electron chi connectivity index (χ2n) is 7.78. The van der Waals surface area contributed by atoms with Gasteiger partial charge in [-0.05, 0) is 18.6 Å². The average molecular weight is 540 g/mol. The number of carbonyl (C=O) groups excluding carboxylic acids is 2. The SMILES string of the molecule is COc1cc(NC(=O)c2cc([N+](=O)[O-])cc([N+](=O)[O-])c2)c(C)cc1NC(=O)c1cc([N+](=O)[O-])cc([N+](=O)[O-])c1. The maximum atomic E-state index is 12.8. The van der Waals surface area contributed by atoms with Crippen LogP contribution < -0.4 is 15.4 Å². The summed E-state index contributed by atoms with van der Waals surface area (Å²) in [7, 11) is 1.23. The molecule has 2 amide bonds. The van der Waals surface area contributed by atoms with Crippen molar-refractivity contribution in [2.45, 2.75) is 6.92 Å². The van der Waals surface area contributed by atoms with E-state index in [9.17, 15) is 50.0 Å². The largest absolute Gasteiger partial charge is 0.494 e. The third-order valence-corrected chi connectivity index (χ3v) is 5.22.